The van der Waals surface area contributed by atoms with E-state index in [9.17, 15) is 0 Å². The van der Waals surface area contributed by atoms with E-state index < -0.39 is 0 Å². The Morgan fingerprint density at radius 2 is 2.24 bits per heavy atom. The van der Waals surface area contributed by atoms with E-state index in [0.29, 0.717) is 12.0 Å². The molecule has 2 unspecified atom stereocenters. The number of epoxide rings is 1. The Hall–Kier alpha value is -0.800. The summed E-state index contributed by atoms with van der Waals surface area (Å²) in [5.41, 5.74) is 9.95. The molecule has 3 atom stereocenters. The van der Waals surface area contributed by atoms with Gasteiger partial charge in [0.1, 0.15) is 6.10 Å². The topological polar surface area (TPSA) is 50.6 Å². The number of nitrogens with two attached hydrogens (primary N) is 1. The Morgan fingerprint density at radius 1 is 1.59 bits per heavy atom. The van der Waals surface area contributed by atoms with Crippen LogP contribution in [0.3, 0.4) is 0 Å². The first-order valence-corrected chi connectivity index (χ1v) is 6.70. The van der Waals surface area contributed by atoms with Crippen LogP contribution in [-0.2, 0) is 4.74 Å². The fraction of sp³-hybridized carbons (Fsp3) is 0.714. The monoisotopic (exact) mass is 236 g/mol. The molecule has 0 bridgehead atoms. The van der Waals surface area contributed by atoms with E-state index in [-0.39, 0.29) is 6.10 Å². The van der Waals surface area contributed by atoms with Crippen molar-refractivity contribution in [2.45, 2.75) is 45.8 Å². The number of ether oxygens (including phenoxy) is 1. The van der Waals surface area contributed by atoms with Gasteiger partial charge in [0, 0.05) is 11.7 Å². The van der Waals surface area contributed by atoms with Crippen molar-refractivity contribution in [3.8, 4) is 0 Å². The maximum absolute atomic E-state index is 6.39. The van der Waals surface area contributed by atoms with Crippen LogP contribution < -0.4 is 11.1 Å². The highest BCUT2D eigenvalue weighted by atomic mass is 16.6. The fourth-order valence-electron chi connectivity index (χ4n) is 2.47. The minimum absolute atomic E-state index is 0.278. The molecule has 2 aliphatic heterocycles. The van der Waals surface area contributed by atoms with Gasteiger partial charge in [-0.1, -0.05) is 19.9 Å². The molecule has 0 radical (unpaired) electrons. The third-order valence-corrected chi connectivity index (χ3v) is 3.96. The largest absolute Gasteiger partial charge is 0.398 e. The van der Waals surface area contributed by atoms with Gasteiger partial charge in [-0.2, -0.15) is 0 Å². The predicted octanol–water partition coefficient (Wildman–Crippen LogP) is 1.95. The van der Waals surface area contributed by atoms with Crippen molar-refractivity contribution in [3.05, 3.63) is 22.9 Å². The van der Waals surface area contributed by atoms with Crippen LogP contribution in [0.2, 0.25) is 0 Å². The highest BCUT2D eigenvalue weighted by molar-refractivity contribution is 5.40. The molecule has 3 nitrogen and oxygen atoms in total. The van der Waals surface area contributed by atoms with Crippen molar-refractivity contribution in [2.75, 3.05) is 13.2 Å². The van der Waals surface area contributed by atoms with Gasteiger partial charge >= 0.3 is 0 Å². The normalized spacial score (nSPS) is 31.6. The van der Waals surface area contributed by atoms with E-state index >= 15 is 0 Å². The molecule has 3 N–H and O–H groups in total. The Labute approximate surface area is 104 Å². The van der Waals surface area contributed by atoms with Crippen LogP contribution in [0, 0.1) is 5.92 Å². The van der Waals surface area contributed by atoms with Crippen molar-refractivity contribution >= 4 is 0 Å². The number of hydrogen-bond acceptors (Lipinski definition) is 3. The fourth-order valence-corrected chi connectivity index (χ4v) is 2.47. The van der Waals surface area contributed by atoms with E-state index in [1.165, 1.54) is 17.6 Å². The Bertz CT molecular complexity index is 338. The van der Waals surface area contributed by atoms with Gasteiger partial charge in [-0.25, -0.2) is 0 Å². The Morgan fingerprint density at radius 3 is 2.59 bits per heavy atom. The van der Waals surface area contributed by atoms with Crippen LogP contribution in [-0.4, -0.2) is 25.3 Å². The molecule has 0 aromatic rings. The van der Waals surface area contributed by atoms with Crippen LogP contribution in [0.25, 0.3) is 0 Å². The van der Waals surface area contributed by atoms with Gasteiger partial charge in [0.05, 0.1) is 6.61 Å². The first-order chi connectivity index (χ1) is 8.19. The summed E-state index contributed by atoms with van der Waals surface area (Å²) in [4.78, 5) is 0. The molecule has 0 amide bonds. The minimum atomic E-state index is 0.278. The van der Waals surface area contributed by atoms with E-state index in [2.05, 4.69) is 32.2 Å². The van der Waals surface area contributed by atoms with Gasteiger partial charge in [-0.15, -0.1) is 0 Å². The summed E-state index contributed by atoms with van der Waals surface area (Å²) in [6, 6.07) is 0.456. The summed E-state index contributed by atoms with van der Waals surface area (Å²) in [7, 11) is 0. The minimum Gasteiger partial charge on any atom is -0.398 e. The lowest BCUT2D eigenvalue weighted by molar-refractivity contribution is 0.404. The zero-order chi connectivity index (χ0) is 12.4. The summed E-state index contributed by atoms with van der Waals surface area (Å²) in [5.74, 6) is 0.512. The molecule has 2 saturated heterocycles. The Balaban J connectivity index is 2.24. The van der Waals surface area contributed by atoms with Crippen molar-refractivity contribution < 1.29 is 4.74 Å². The molecule has 2 heterocycles. The molecular formula is C14H24N2O. The van der Waals surface area contributed by atoms with Crippen LogP contribution in [0.1, 0.15) is 33.6 Å². The highest BCUT2D eigenvalue weighted by Crippen LogP contribution is 2.33. The molecule has 2 aliphatic rings. The SMILES string of the molecule is C/C=C(\C(N)=C(C1CO1)[C@H](C)CC)C1CCN1. The third kappa shape index (κ3) is 2.55. The maximum atomic E-state index is 6.39. The predicted molar refractivity (Wildman–Crippen MR) is 70.6 cm³/mol. The maximum Gasteiger partial charge on any atom is 0.105 e. The third-order valence-electron chi connectivity index (χ3n) is 3.96. The second-order valence-electron chi connectivity index (χ2n) is 5.04. The summed E-state index contributed by atoms with van der Waals surface area (Å²) in [6.07, 6.45) is 4.74. The van der Waals surface area contributed by atoms with E-state index in [4.69, 9.17) is 10.5 Å². The molecule has 96 valence electrons. The van der Waals surface area contributed by atoms with Gasteiger partial charge in [-0.3, -0.25) is 0 Å². The summed E-state index contributed by atoms with van der Waals surface area (Å²) in [5, 5.41) is 3.43. The van der Waals surface area contributed by atoms with Crippen LogP contribution >= 0.6 is 0 Å². The van der Waals surface area contributed by atoms with Gasteiger partial charge < -0.3 is 15.8 Å². The van der Waals surface area contributed by atoms with E-state index in [1.807, 2.05) is 0 Å². The van der Waals surface area contributed by atoms with Crippen molar-refractivity contribution in [1.82, 2.24) is 5.32 Å². The summed E-state index contributed by atoms with van der Waals surface area (Å²) in [6.45, 7) is 8.47. The Kier molecular flexibility index (Phi) is 3.89. The second-order valence-corrected chi connectivity index (χ2v) is 5.04. The van der Waals surface area contributed by atoms with Crippen LogP contribution in [0.4, 0.5) is 0 Å². The second kappa shape index (κ2) is 5.23. The zero-order valence-corrected chi connectivity index (χ0v) is 11.1. The molecule has 0 aromatic heterocycles. The van der Waals surface area contributed by atoms with E-state index in [0.717, 1.165) is 25.3 Å². The molecule has 0 saturated carbocycles. The molecule has 2 fully saturated rings. The van der Waals surface area contributed by atoms with Gasteiger partial charge in [-0.05, 0) is 43.4 Å². The quantitative estimate of drug-likeness (QED) is 0.566. The van der Waals surface area contributed by atoms with Crippen molar-refractivity contribution in [2.24, 2.45) is 11.7 Å². The molecule has 0 aliphatic carbocycles. The molecule has 0 aromatic carbocycles. The van der Waals surface area contributed by atoms with Gasteiger partial charge in [0.2, 0.25) is 0 Å². The summed E-state index contributed by atoms with van der Waals surface area (Å²) >= 11 is 0. The average Bonchev–Trinajstić information content (AvgIpc) is 3.06. The first-order valence-electron chi connectivity index (χ1n) is 6.70. The smallest absolute Gasteiger partial charge is 0.105 e. The van der Waals surface area contributed by atoms with Gasteiger partial charge in [0.25, 0.3) is 0 Å². The average molecular weight is 236 g/mol. The number of hydrogen-bond donors (Lipinski definition) is 2. The van der Waals surface area contributed by atoms with Crippen LogP contribution in [0.15, 0.2) is 22.9 Å². The lowest BCUT2D eigenvalue weighted by Crippen LogP contribution is -2.45. The van der Waals surface area contributed by atoms with Crippen molar-refractivity contribution in [3.63, 3.8) is 0 Å². The van der Waals surface area contributed by atoms with E-state index in [1.54, 1.807) is 0 Å². The molecule has 2 rings (SSSR count). The first kappa shape index (κ1) is 12.7. The number of allylic oxidation sites excluding steroid dienone is 1. The highest BCUT2D eigenvalue weighted by Gasteiger charge is 2.34. The molecule has 17 heavy (non-hydrogen) atoms. The van der Waals surface area contributed by atoms with Crippen LogP contribution in [0.5, 0.6) is 0 Å². The van der Waals surface area contributed by atoms with Gasteiger partial charge in [0.15, 0.2) is 0 Å². The lowest BCUT2D eigenvalue weighted by Gasteiger charge is -2.32. The standard InChI is InChI=1S/C14H24N2O/c1-4-9(3)13(12-8-17-12)14(15)10(5-2)11-6-7-16-11/h5,9,11-12,16H,4,6-8,15H2,1-3H3/b10-5-,14-13?/t9-,11?,12?/m1/s1. The molecule has 3 heteroatoms. The summed E-state index contributed by atoms with van der Waals surface area (Å²) < 4.78 is 5.46. The molecular weight excluding hydrogens is 212 g/mol. The van der Waals surface area contributed by atoms with Crippen molar-refractivity contribution in [1.29, 1.82) is 0 Å². The number of rotatable bonds is 5. The molecule has 0 spiro atoms. The zero-order valence-electron chi connectivity index (χ0n) is 11.1. The lowest BCUT2D eigenvalue weighted by atomic mass is 9.87. The number of nitrogens with one attached hydrogen (secondary N) is 1.